The molecule has 1 aliphatic heterocycles. The zero-order valence-electron chi connectivity index (χ0n) is 15.8. The SMILES string of the molecule is Cc1nc(-c2ccc(NC(=O)CCN3C(=O)[C@H]4CCCC[C@@H]4C3=O)cc2)cs1. The Hall–Kier alpha value is -2.54. The summed E-state index contributed by atoms with van der Waals surface area (Å²) >= 11 is 1.60. The number of hydrogen-bond acceptors (Lipinski definition) is 5. The maximum atomic E-state index is 12.5. The number of rotatable bonds is 5. The molecule has 0 spiro atoms. The Morgan fingerprint density at radius 2 is 1.79 bits per heavy atom. The fraction of sp³-hybridized carbons (Fsp3) is 0.429. The number of carbonyl (C=O) groups excluding carboxylic acids is 3. The van der Waals surface area contributed by atoms with Gasteiger partial charge in [0.05, 0.1) is 22.5 Å². The van der Waals surface area contributed by atoms with Gasteiger partial charge in [0.15, 0.2) is 0 Å². The van der Waals surface area contributed by atoms with Gasteiger partial charge in [0.1, 0.15) is 0 Å². The number of nitrogens with one attached hydrogen (secondary N) is 1. The lowest BCUT2D eigenvalue weighted by Gasteiger charge is -2.19. The van der Waals surface area contributed by atoms with E-state index in [0.717, 1.165) is 41.9 Å². The lowest BCUT2D eigenvalue weighted by molar-refractivity contribution is -0.140. The highest BCUT2D eigenvalue weighted by Gasteiger charge is 2.47. The first kappa shape index (κ1) is 18.8. The molecular weight excluding hydrogens is 374 g/mol. The Morgan fingerprint density at radius 3 is 2.36 bits per heavy atom. The first-order chi connectivity index (χ1) is 13.5. The summed E-state index contributed by atoms with van der Waals surface area (Å²) in [6.07, 6.45) is 3.71. The van der Waals surface area contributed by atoms with Crippen molar-refractivity contribution in [3.63, 3.8) is 0 Å². The van der Waals surface area contributed by atoms with Gasteiger partial charge in [0.25, 0.3) is 0 Å². The summed E-state index contributed by atoms with van der Waals surface area (Å²) in [5, 5.41) is 5.85. The second-order valence-electron chi connectivity index (χ2n) is 7.45. The van der Waals surface area contributed by atoms with Crippen molar-refractivity contribution in [2.45, 2.75) is 39.0 Å². The van der Waals surface area contributed by atoms with Crippen LogP contribution in [0.4, 0.5) is 5.69 Å². The molecule has 146 valence electrons. The summed E-state index contributed by atoms with van der Waals surface area (Å²) in [7, 11) is 0. The molecule has 1 aromatic carbocycles. The Labute approximate surface area is 168 Å². The molecule has 2 atom stereocenters. The van der Waals surface area contributed by atoms with Crippen LogP contribution in [0.15, 0.2) is 29.6 Å². The Kier molecular flexibility index (Phi) is 5.26. The number of nitrogens with zero attached hydrogens (tertiary/aromatic N) is 2. The molecule has 1 N–H and O–H groups in total. The van der Waals surface area contributed by atoms with Crippen molar-refractivity contribution in [3.05, 3.63) is 34.7 Å². The van der Waals surface area contributed by atoms with E-state index >= 15 is 0 Å². The summed E-state index contributed by atoms with van der Waals surface area (Å²) in [6.45, 7) is 2.13. The van der Waals surface area contributed by atoms with Crippen molar-refractivity contribution in [2.75, 3.05) is 11.9 Å². The van der Waals surface area contributed by atoms with Crippen LogP contribution in [0.3, 0.4) is 0 Å². The highest BCUT2D eigenvalue weighted by molar-refractivity contribution is 7.09. The molecule has 1 saturated carbocycles. The number of benzene rings is 1. The van der Waals surface area contributed by atoms with Crippen LogP contribution in [-0.4, -0.2) is 34.2 Å². The fourth-order valence-corrected chi connectivity index (χ4v) is 4.73. The van der Waals surface area contributed by atoms with Gasteiger partial charge in [-0.05, 0) is 31.9 Å². The number of imide groups is 1. The molecular formula is C21H23N3O3S. The minimum Gasteiger partial charge on any atom is -0.326 e. The van der Waals surface area contributed by atoms with E-state index in [9.17, 15) is 14.4 Å². The van der Waals surface area contributed by atoms with Gasteiger partial charge in [-0.1, -0.05) is 25.0 Å². The first-order valence-electron chi connectivity index (χ1n) is 9.70. The average molecular weight is 398 g/mol. The quantitative estimate of drug-likeness (QED) is 0.782. The summed E-state index contributed by atoms with van der Waals surface area (Å²) < 4.78 is 0. The van der Waals surface area contributed by atoms with E-state index in [-0.39, 0.29) is 42.5 Å². The van der Waals surface area contributed by atoms with E-state index in [2.05, 4.69) is 10.3 Å². The van der Waals surface area contributed by atoms with E-state index in [1.807, 2.05) is 36.6 Å². The van der Waals surface area contributed by atoms with Crippen molar-refractivity contribution in [3.8, 4) is 11.3 Å². The van der Waals surface area contributed by atoms with E-state index in [1.54, 1.807) is 11.3 Å². The van der Waals surface area contributed by atoms with Gasteiger partial charge in [-0.15, -0.1) is 11.3 Å². The van der Waals surface area contributed by atoms with Gasteiger partial charge in [0, 0.05) is 29.6 Å². The normalized spacial score (nSPS) is 21.7. The highest BCUT2D eigenvalue weighted by Crippen LogP contribution is 2.38. The van der Waals surface area contributed by atoms with Crippen LogP contribution in [-0.2, 0) is 14.4 Å². The third kappa shape index (κ3) is 3.71. The van der Waals surface area contributed by atoms with Crippen LogP contribution in [0, 0.1) is 18.8 Å². The minimum atomic E-state index is -0.201. The van der Waals surface area contributed by atoms with Crippen molar-refractivity contribution in [1.82, 2.24) is 9.88 Å². The van der Waals surface area contributed by atoms with Gasteiger partial charge in [-0.25, -0.2) is 4.98 Å². The average Bonchev–Trinajstić information content (AvgIpc) is 3.23. The van der Waals surface area contributed by atoms with Gasteiger partial charge in [-0.3, -0.25) is 19.3 Å². The van der Waals surface area contributed by atoms with Crippen molar-refractivity contribution in [1.29, 1.82) is 0 Å². The summed E-state index contributed by atoms with van der Waals surface area (Å²) in [5.41, 5.74) is 2.61. The predicted molar refractivity (Wildman–Crippen MR) is 108 cm³/mol. The Morgan fingerprint density at radius 1 is 1.14 bits per heavy atom. The number of fused-ring (bicyclic) bond motifs is 1. The molecule has 0 radical (unpaired) electrons. The highest BCUT2D eigenvalue weighted by atomic mass is 32.1. The summed E-state index contributed by atoms with van der Waals surface area (Å²) in [5.74, 6) is -0.707. The summed E-state index contributed by atoms with van der Waals surface area (Å²) in [6, 6.07) is 7.51. The molecule has 1 saturated heterocycles. The molecule has 1 aliphatic carbocycles. The van der Waals surface area contributed by atoms with E-state index < -0.39 is 0 Å². The molecule has 0 bridgehead atoms. The number of aromatic nitrogens is 1. The molecule has 0 unspecified atom stereocenters. The number of carbonyl (C=O) groups is 3. The molecule has 4 rings (SSSR count). The van der Waals surface area contributed by atoms with Crippen LogP contribution in [0.25, 0.3) is 11.3 Å². The lowest BCUT2D eigenvalue weighted by Crippen LogP contribution is -2.34. The number of likely N-dealkylation sites (tertiary alicyclic amines) is 1. The monoisotopic (exact) mass is 397 g/mol. The second kappa shape index (κ2) is 7.83. The fourth-order valence-electron chi connectivity index (χ4n) is 4.11. The number of thiazole rings is 1. The summed E-state index contributed by atoms with van der Waals surface area (Å²) in [4.78, 5) is 43.0. The number of hydrogen-bond donors (Lipinski definition) is 1. The van der Waals surface area contributed by atoms with Crippen molar-refractivity contribution in [2.24, 2.45) is 11.8 Å². The number of anilines is 1. The third-order valence-electron chi connectivity index (χ3n) is 5.58. The van der Waals surface area contributed by atoms with Crippen LogP contribution in [0.1, 0.15) is 37.1 Å². The maximum absolute atomic E-state index is 12.5. The van der Waals surface area contributed by atoms with Gasteiger partial charge < -0.3 is 5.32 Å². The van der Waals surface area contributed by atoms with Crippen LogP contribution < -0.4 is 5.32 Å². The molecule has 7 heteroatoms. The Bertz CT molecular complexity index is 882. The third-order valence-corrected chi connectivity index (χ3v) is 6.35. The van der Waals surface area contributed by atoms with Gasteiger partial charge in [-0.2, -0.15) is 0 Å². The molecule has 1 aromatic heterocycles. The molecule has 6 nitrogen and oxygen atoms in total. The molecule has 3 amide bonds. The van der Waals surface area contributed by atoms with Crippen molar-refractivity contribution < 1.29 is 14.4 Å². The van der Waals surface area contributed by atoms with E-state index in [0.29, 0.717) is 5.69 Å². The standard InChI is InChI=1S/C21H23N3O3S/c1-13-22-18(12-28-13)14-6-8-15(9-7-14)23-19(25)10-11-24-20(26)16-4-2-3-5-17(16)21(24)27/h6-9,12,16-17H,2-5,10-11H2,1H3,(H,23,25)/t16-,17-/m0/s1. The lowest BCUT2D eigenvalue weighted by atomic mass is 9.81. The number of aryl methyl sites for hydroxylation is 1. The minimum absolute atomic E-state index is 0.0922. The second-order valence-corrected chi connectivity index (χ2v) is 8.52. The van der Waals surface area contributed by atoms with Crippen molar-refractivity contribution >= 4 is 34.7 Å². The van der Waals surface area contributed by atoms with Crippen LogP contribution >= 0.6 is 11.3 Å². The topological polar surface area (TPSA) is 79.4 Å². The van der Waals surface area contributed by atoms with Crippen LogP contribution in [0.2, 0.25) is 0 Å². The molecule has 28 heavy (non-hydrogen) atoms. The molecule has 2 aliphatic rings. The van der Waals surface area contributed by atoms with Gasteiger partial charge in [0.2, 0.25) is 17.7 Å². The molecule has 2 aromatic rings. The van der Waals surface area contributed by atoms with E-state index in [4.69, 9.17) is 0 Å². The number of amides is 3. The molecule has 2 fully saturated rings. The largest absolute Gasteiger partial charge is 0.326 e. The smallest absolute Gasteiger partial charge is 0.233 e. The Balaban J connectivity index is 1.32. The first-order valence-corrected chi connectivity index (χ1v) is 10.6. The van der Waals surface area contributed by atoms with E-state index in [1.165, 1.54) is 4.90 Å². The maximum Gasteiger partial charge on any atom is 0.233 e. The zero-order chi connectivity index (χ0) is 19.7. The molecule has 2 heterocycles. The van der Waals surface area contributed by atoms with Gasteiger partial charge >= 0.3 is 0 Å². The zero-order valence-corrected chi connectivity index (χ0v) is 16.6. The predicted octanol–water partition coefficient (Wildman–Crippen LogP) is 3.62. The van der Waals surface area contributed by atoms with Crippen LogP contribution in [0.5, 0.6) is 0 Å².